The van der Waals surface area contributed by atoms with Crippen LogP contribution in [0, 0.1) is 6.92 Å². The van der Waals surface area contributed by atoms with E-state index < -0.39 is 28.5 Å². The number of likely N-dealkylation sites (N-methyl/N-ethyl adjacent to an activating group) is 1. The maximum Gasteiger partial charge on any atom is 0.244 e. The number of sulfonamides is 1. The van der Waals surface area contributed by atoms with Crippen molar-refractivity contribution in [2.45, 2.75) is 32.9 Å². The van der Waals surface area contributed by atoms with Crippen molar-refractivity contribution in [3.8, 4) is 11.5 Å². The first-order valence-electron chi connectivity index (χ1n) is 13.2. The van der Waals surface area contributed by atoms with Gasteiger partial charge in [0.15, 0.2) is 11.5 Å². The summed E-state index contributed by atoms with van der Waals surface area (Å²) in [5.74, 6) is 0.104. The molecule has 0 radical (unpaired) electrons. The van der Waals surface area contributed by atoms with E-state index in [9.17, 15) is 18.0 Å². The van der Waals surface area contributed by atoms with Crippen LogP contribution in [0.2, 0.25) is 0 Å². The summed E-state index contributed by atoms with van der Waals surface area (Å²) in [6.07, 6.45) is 1.32. The summed E-state index contributed by atoms with van der Waals surface area (Å²) in [4.78, 5) is 28.9. The van der Waals surface area contributed by atoms with Gasteiger partial charge in [-0.2, -0.15) is 0 Å². The summed E-state index contributed by atoms with van der Waals surface area (Å²) < 4.78 is 38.2. The molecule has 10 heteroatoms. The third kappa shape index (κ3) is 7.32. The molecule has 0 saturated heterocycles. The van der Waals surface area contributed by atoms with Gasteiger partial charge in [-0.25, -0.2) is 8.42 Å². The number of nitrogens with one attached hydrogen (secondary N) is 1. The second-order valence-corrected chi connectivity index (χ2v) is 11.6. The molecule has 4 rings (SSSR count). The first-order chi connectivity index (χ1) is 19.2. The summed E-state index contributed by atoms with van der Waals surface area (Å²) in [5, 5.41) is 2.85. The van der Waals surface area contributed by atoms with E-state index in [2.05, 4.69) is 5.32 Å². The molecule has 1 aliphatic heterocycles. The van der Waals surface area contributed by atoms with E-state index in [0.29, 0.717) is 31.3 Å². The van der Waals surface area contributed by atoms with Crippen molar-refractivity contribution in [2.75, 3.05) is 36.9 Å². The van der Waals surface area contributed by atoms with Crippen LogP contribution in [0.15, 0.2) is 72.8 Å². The Hall–Kier alpha value is -4.05. The van der Waals surface area contributed by atoms with E-state index in [1.807, 2.05) is 68.4 Å². The number of amides is 2. The molecule has 0 spiro atoms. The lowest BCUT2D eigenvalue weighted by atomic mass is 10.0. The van der Waals surface area contributed by atoms with Gasteiger partial charge in [-0.05, 0) is 37.1 Å². The molecular weight excluding hydrogens is 530 g/mol. The molecule has 1 aliphatic rings. The van der Waals surface area contributed by atoms with E-state index in [4.69, 9.17) is 9.47 Å². The van der Waals surface area contributed by atoms with Crippen LogP contribution in [-0.2, 0) is 32.6 Å². The van der Waals surface area contributed by atoms with Gasteiger partial charge in [-0.1, -0.05) is 60.2 Å². The molecule has 0 bridgehead atoms. The van der Waals surface area contributed by atoms with E-state index in [1.54, 1.807) is 18.2 Å². The minimum absolute atomic E-state index is 0.133. The molecule has 40 heavy (non-hydrogen) atoms. The third-order valence-corrected chi connectivity index (χ3v) is 7.69. The maximum atomic E-state index is 14.1. The van der Waals surface area contributed by atoms with E-state index >= 15 is 0 Å². The van der Waals surface area contributed by atoms with Crippen molar-refractivity contribution < 1.29 is 27.5 Å². The highest BCUT2D eigenvalue weighted by molar-refractivity contribution is 7.92. The first kappa shape index (κ1) is 28.9. The number of anilines is 1. The summed E-state index contributed by atoms with van der Waals surface area (Å²) >= 11 is 0. The average molecular weight is 566 g/mol. The van der Waals surface area contributed by atoms with Crippen LogP contribution < -0.4 is 19.1 Å². The number of carbonyl (C=O) groups excluding carboxylic acids is 2. The van der Waals surface area contributed by atoms with Crippen LogP contribution in [0.1, 0.15) is 23.6 Å². The Bertz CT molecular complexity index is 1440. The van der Waals surface area contributed by atoms with E-state index in [0.717, 1.165) is 27.3 Å². The fraction of sp³-hybridized carbons (Fsp3) is 0.333. The van der Waals surface area contributed by atoms with E-state index in [-0.39, 0.29) is 24.6 Å². The molecule has 0 unspecified atom stereocenters. The number of rotatable bonds is 11. The van der Waals surface area contributed by atoms with Crippen molar-refractivity contribution in [2.24, 2.45) is 0 Å². The van der Waals surface area contributed by atoms with Crippen LogP contribution in [0.5, 0.6) is 11.5 Å². The van der Waals surface area contributed by atoms with Gasteiger partial charge in [0.25, 0.3) is 0 Å². The Balaban J connectivity index is 1.72. The standard InChI is InChI=1S/C30H35N3O6S/c1-4-31-30(35)26(18-23-10-6-5-7-11-23)32(20-24-12-8-9-22(2)17-24)29(34)21-33(40(3,36)37)25-13-14-27-28(19-25)39-16-15-38-27/h5-14,17,19,26H,4,15-16,18,20-21H2,1-3H3,(H,31,35)/t26-/m0/s1. The van der Waals surface area contributed by atoms with Crippen LogP contribution in [0.25, 0.3) is 0 Å². The lowest BCUT2D eigenvalue weighted by Gasteiger charge is -2.33. The van der Waals surface area contributed by atoms with Gasteiger partial charge in [-0.15, -0.1) is 0 Å². The summed E-state index contributed by atoms with van der Waals surface area (Å²) in [7, 11) is -3.88. The number of hydrogen-bond acceptors (Lipinski definition) is 6. The number of aryl methyl sites for hydroxylation is 1. The van der Waals surface area contributed by atoms with Gasteiger partial charge in [0.2, 0.25) is 21.8 Å². The monoisotopic (exact) mass is 565 g/mol. The minimum Gasteiger partial charge on any atom is -0.486 e. The summed E-state index contributed by atoms with van der Waals surface area (Å²) in [6, 6.07) is 21.0. The Labute approximate surface area is 235 Å². The molecule has 9 nitrogen and oxygen atoms in total. The number of carbonyl (C=O) groups is 2. The normalized spacial score (nSPS) is 13.3. The van der Waals surface area contributed by atoms with Gasteiger partial charge in [0.05, 0.1) is 11.9 Å². The molecular formula is C30H35N3O6S. The molecule has 3 aromatic rings. The van der Waals surface area contributed by atoms with Gasteiger partial charge >= 0.3 is 0 Å². The quantitative estimate of drug-likeness (QED) is 0.383. The van der Waals surface area contributed by atoms with Gasteiger partial charge < -0.3 is 19.7 Å². The van der Waals surface area contributed by atoms with Crippen LogP contribution in [0.4, 0.5) is 5.69 Å². The Morgan fingerprint density at radius 3 is 2.30 bits per heavy atom. The lowest BCUT2D eigenvalue weighted by Crippen LogP contribution is -2.53. The second-order valence-electron chi connectivity index (χ2n) is 9.71. The van der Waals surface area contributed by atoms with Crippen LogP contribution in [-0.4, -0.2) is 63.7 Å². The Morgan fingerprint density at radius 2 is 1.62 bits per heavy atom. The van der Waals surface area contributed by atoms with Crippen molar-refractivity contribution in [3.63, 3.8) is 0 Å². The fourth-order valence-electron chi connectivity index (χ4n) is 4.65. The number of fused-ring (bicyclic) bond motifs is 1. The van der Waals surface area contributed by atoms with Gasteiger partial charge in [0, 0.05) is 25.6 Å². The molecule has 1 N–H and O–H groups in total. The SMILES string of the molecule is CCNC(=O)[C@H](Cc1ccccc1)N(Cc1cccc(C)c1)C(=O)CN(c1ccc2c(c1)OCCO2)S(C)(=O)=O. The highest BCUT2D eigenvalue weighted by Crippen LogP contribution is 2.34. The number of ether oxygens (including phenoxy) is 2. The molecule has 0 saturated carbocycles. The van der Waals surface area contributed by atoms with Crippen molar-refractivity contribution in [1.82, 2.24) is 10.2 Å². The zero-order valence-electron chi connectivity index (χ0n) is 23.0. The van der Waals surface area contributed by atoms with Gasteiger partial charge in [0.1, 0.15) is 25.8 Å². The fourth-order valence-corrected chi connectivity index (χ4v) is 5.50. The topological polar surface area (TPSA) is 105 Å². The highest BCUT2D eigenvalue weighted by Gasteiger charge is 2.33. The Morgan fingerprint density at radius 1 is 0.925 bits per heavy atom. The first-order valence-corrected chi connectivity index (χ1v) is 15.0. The molecule has 212 valence electrons. The largest absolute Gasteiger partial charge is 0.486 e. The Kier molecular flexibility index (Phi) is 9.31. The predicted octanol–water partition coefficient (Wildman–Crippen LogP) is 3.31. The van der Waals surface area contributed by atoms with Crippen LogP contribution >= 0.6 is 0 Å². The number of hydrogen-bond donors (Lipinski definition) is 1. The summed E-state index contributed by atoms with van der Waals surface area (Å²) in [6.45, 7) is 4.54. The molecule has 3 aromatic carbocycles. The van der Waals surface area contributed by atoms with E-state index in [1.165, 1.54) is 4.90 Å². The zero-order chi connectivity index (χ0) is 28.7. The van der Waals surface area contributed by atoms with Gasteiger partial charge in [-0.3, -0.25) is 13.9 Å². The lowest BCUT2D eigenvalue weighted by molar-refractivity contribution is -0.140. The average Bonchev–Trinajstić information content (AvgIpc) is 2.93. The zero-order valence-corrected chi connectivity index (χ0v) is 23.8. The van der Waals surface area contributed by atoms with Crippen molar-refractivity contribution >= 4 is 27.5 Å². The van der Waals surface area contributed by atoms with Crippen molar-refractivity contribution in [3.05, 3.63) is 89.5 Å². The highest BCUT2D eigenvalue weighted by atomic mass is 32.2. The smallest absolute Gasteiger partial charge is 0.244 e. The predicted molar refractivity (Wildman–Crippen MR) is 154 cm³/mol. The van der Waals surface area contributed by atoms with Crippen LogP contribution in [0.3, 0.4) is 0 Å². The summed E-state index contributed by atoms with van der Waals surface area (Å²) in [5.41, 5.74) is 3.00. The maximum absolute atomic E-state index is 14.1. The molecule has 0 fully saturated rings. The number of benzene rings is 3. The second kappa shape index (κ2) is 12.9. The minimum atomic E-state index is -3.88. The number of nitrogens with zero attached hydrogens (tertiary/aromatic N) is 2. The molecule has 1 heterocycles. The third-order valence-electron chi connectivity index (χ3n) is 6.55. The van der Waals surface area contributed by atoms with Crippen molar-refractivity contribution in [1.29, 1.82) is 0 Å². The molecule has 0 aromatic heterocycles. The molecule has 2 amide bonds. The molecule has 1 atom stereocenters. The molecule has 0 aliphatic carbocycles.